The summed E-state index contributed by atoms with van der Waals surface area (Å²) < 4.78 is 27.7. The first-order valence-corrected chi connectivity index (χ1v) is 9.10. The molecule has 1 aliphatic rings. The number of ether oxygens (including phenoxy) is 1. The van der Waals surface area contributed by atoms with Crippen LogP contribution in [0.2, 0.25) is 0 Å². The van der Waals surface area contributed by atoms with Crippen molar-refractivity contribution in [3.05, 3.63) is 24.3 Å². The van der Waals surface area contributed by atoms with Crippen molar-refractivity contribution in [3.8, 4) is 0 Å². The first kappa shape index (κ1) is 19.9. The van der Waals surface area contributed by atoms with Crippen molar-refractivity contribution in [2.24, 2.45) is 5.14 Å². The lowest BCUT2D eigenvalue weighted by atomic mass is 9.97. The van der Waals surface area contributed by atoms with Gasteiger partial charge in [0.25, 0.3) is 0 Å². The number of nitrogens with two attached hydrogens (primary N) is 1. The number of aliphatic hydroxyl groups is 4. The predicted molar refractivity (Wildman–Crippen MR) is 90.9 cm³/mol. The lowest BCUT2D eigenvalue weighted by molar-refractivity contribution is -0.251. The van der Waals surface area contributed by atoms with E-state index in [0.717, 1.165) is 0 Å². The van der Waals surface area contributed by atoms with E-state index in [1.54, 1.807) is 0 Å². The Bertz CT molecular complexity index is 730. The summed E-state index contributed by atoms with van der Waals surface area (Å²) in [6.45, 7) is -0.578. The van der Waals surface area contributed by atoms with E-state index in [9.17, 15) is 23.7 Å². The van der Waals surface area contributed by atoms with Gasteiger partial charge in [-0.25, -0.2) is 13.6 Å². The second-order valence-electron chi connectivity index (χ2n) is 5.43. The van der Waals surface area contributed by atoms with Gasteiger partial charge in [0.1, 0.15) is 24.4 Å². The van der Waals surface area contributed by atoms with Gasteiger partial charge >= 0.3 is 0 Å². The SMILES string of the molecule is NS(=O)(=O)c1cccc(NC(=S)N[C@@H]2C(O)O[C@H](CO)[C@@H](O)[C@@H]2O)c1. The highest BCUT2D eigenvalue weighted by Crippen LogP contribution is 2.20. The van der Waals surface area contributed by atoms with Crippen molar-refractivity contribution in [1.29, 1.82) is 0 Å². The average molecular weight is 393 g/mol. The quantitative estimate of drug-likeness (QED) is 0.269. The Balaban J connectivity index is 2.05. The summed E-state index contributed by atoms with van der Waals surface area (Å²) in [5.74, 6) is 0. The summed E-state index contributed by atoms with van der Waals surface area (Å²) in [6.07, 6.45) is -5.56. The molecule has 0 bridgehead atoms. The highest BCUT2D eigenvalue weighted by molar-refractivity contribution is 7.89. The van der Waals surface area contributed by atoms with Crippen LogP contribution in [-0.4, -0.2) is 71.2 Å². The third-order valence-electron chi connectivity index (χ3n) is 3.62. The molecule has 140 valence electrons. The number of hydrogen-bond donors (Lipinski definition) is 7. The molecule has 1 aliphatic heterocycles. The Kier molecular flexibility index (Phi) is 6.29. The number of nitrogens with one attached hydrogen (secondary N) is 2. The second kappa shape index (κ2) is 7.88. The molecule has 1 saturated heterocycles. The van der Waals surface area contributed by atoms with Gasteiger partial charge in [-0.05, 0) is 30.4 Å². The van der Waals surface area contributed by atoms with Gasteiger partial charge in [-0.1, -0.05) is 6.07 Å². The smallest absolute Gasteiger partial charge is 0.238 e. The molecular weight excluding hydrogens is 374 g/mol. The fraction of sp³-hybridized carbons (Fsp3) is 0.462. The van der Waals surface area contributed by atoms with Crippen molar-refractivity contribution in [2.75, 3.05) is 11.9 Å². The number of thiocarbonyl (C=S) groups is 1. The van der Waals surface area contributed by atoms with E-state index < -0.39 is 47.3 Å². The van der Waals surface area contributed by atoms with Crippen LogP contribution in [0.1, 0.15) is 0 Å². The molecule has 1 fully saturated rings. The molecule has 1 heterocycles. The van der Waals surface area contributed by atoms with Gasteiger partial charge in [-0.15, -0.1) is 0 Å². The summed E-state index contributed by atoms with van der Waals surface area (Å²) in [5.41, 5.74) is 0.304. The Morgan fingerprint density at radius 3 is 2.56 bits per heavy atom. The minimum Gasteiger partial charge on any atom is -0.394 e. The Hall–Kier alpha value is -1.38. The van der Waals surface area contributed by atoms with Crippen LogP contribution >= 0.6 is 12.2 Å². The topological polar surface area (TPSA) is 174 Å². The molecule has 0 aliphatic carbocycles. The maximum absolute atomic E-state index is 11.3. The molecule has 1 aromatic carbocycles. The van der Waals surface area contributed by atoms with Gasteiger partial charge in [0.2, 0.25) is 10.0 Å². The third-order valence-corrected chi connectivity index (χ3v) is 4.75. The van der Waals surface area contributed by atoms with Crippen LogP contribution in [0, 0.1) is 0 Å². The molecule has 0 amide bonds. The highest BCUT2D eigenvalue weighted by atomic mass is 32.2. The van der Waals surface area contributed by atoms with Crippen LogP contribution < -0.4 is 15.8 Å². The number of aliphatic hydroxyl groups excluding tert-OH is 4. The largest absolute Gasteiger partial charge is 0.394 e. The van der Waals surface area contributed by atoms with Gasteiger partial charge in [0, 0.05) is 5.69 Å². The van der Waals surface area contributed by atoms with Crippen LogP contribution in [0.3, 0.4) is 0 Å². The number of anilines is 1. The van der Waals surface area contributed by atoms with Crippen LogP contribution in [0.4, 0.5) is 5.69 Å². The zero-order valence-electron chi connectivity index (χ0n) is 12.8. The number of benzene rings is 1. The zero-order valence-corrected chi connectivity index (χ0v) is 14.4. The van der Waals surface area contributed by atoms with E-state index in [4.69, 9.17) is 27.2 Å². The monoisotopic (exact) mass is 393 g/mol. The number of hydrogen-bond acceptors (Lipinski definition) is 8. The minimum absolute atomic E-state index is 0.0621. The van der Waals surface area contributed by atoms with E-state index >= 15 is 0 Å². The lowest BCUT2D eigenvalue weighted by Gasteiger charge is -2.40. The first-order chi connectivity index (χ1) is 11.6. The first-order valence-electron chi connectivity index (χ1n) is 7.14. The van der Waals surface area contributed by atoms with Crippen molar-refractivity contribution >= 4 is 33.0 Å². The molecule has 10 nitrogen and oxygen atoms in total. The van der Waals surface area contributed by atoms with Gasteiger partial charge < -0.3 is 35.8 Å². The minimum atomic E-state index is -3.88. The maximum atomic E-state index is 11.3. The molecule has 25 heavy (non-hydrogen) atoms. The second-order valence-corrected chi connectivity index (χ2v) is 7.40. The Morgan fingerprint density at radius 2 is 1.96 bits per heavy atom. The molecular formula is C13H19N3O7S2. The van der Waals surface area contributed by atoms with Crippen molar-refractivity contribution in [1.82, 2.24) is 5.32 Å². The number of primary sulfonamides is 1. The van der Waals surface area contributed by atoms with Gasteiger partial charge in [0.05, 0.1) is 11.5 Å². The Morgan fingerprint density at radius 1 is 1.28 bits per heavy atom. The number of rotatable bonds is 4. The molecule has 0 spiro atoms. The van der Waals surface area contributed by atoms with E-state index in [1.807, 2.05) is 0 Å². The molecule has 1 aromatic rings. The molecule has 12 heteroatoms. The van der Waals surface area contributed by atoms with Crippen LogP contribution in [-0.2, 0) is 14.8 Å². The third kappa shape index (κ3) is 4.83. The fourth-order valence-electron chi connectivity index (χ4n) is 2.32. The molecule has 0 aromatic heterocycles. The van der Waals surface area contributed by atoms with E-state index in [-0.39, 0.29) is 10.0 Å². The van der Waals surface area contributed by atoms with Crippen LogP contribution in [0.15, 0.2) is 29.2 Å². The van der Waals surface area contributed by atoms with Crippen LogP contribution in [0.25, 0.3) is 0 Å². The van der Waals surface area contributed by atoms with Crippen LogP contribution in [0.5, 0.6) is 0 Å². The number of sulfonamides is 1. The normalized spacial score (nSPS) is 29.9. The predicted octanol–water partition coefficient (Wildman–Crippen LogP) is -2.58. The molecule has 5 atom stereocenters. The summed E-state index contributed by atoms with van der Waals surface area (Å²) in [4.78, 5) is -0.123. The van der Waals surface area contributed by atoms with E-state index in [1.165, 1.54) is 24.3 Å². The summed E-state index contributed by atoms with van der Waals surface area (Å²) in [7, 11) is -3.88. The standard InChI is InChI=1S/C13H19N3O7S2/c14-25(21,22)7-3-1-2-6(4-7)15-13(24)16-9-11(19)10(18)8(5-17)23-12(9)20/h1-4,8-12,17-20H,5H2,(H2,14,21,22)(H2,15,16,24)/t8-,9+,10-,11-,12?/m1/s1. The van der Waals surface area contributed by atoms with Gasteiger partial charge in [-0.3, -0.25) is 0 Å². The van der Waals surface area contributed by atoms with Gasteiger partial charge in [-0.2, -0.15) is 0 Å². The van der Waals surface area contributed by atoms with Crippen molar-refractivity contribution in [2.45, 2.75) is 35.5 Å². The molecule has 0 saturated carbocycles. The summed E-state index contributed by atoms with van der Waals surface area (Å²) in [5, 5.41) is 49.0. The molecule has 1 unspecified atom stereocenters. The molecule has 2 rings (SSSR count). The summed E-state index contributed by atoms with van der Waals surface area (Å²) >= 11 is 5.04. The summed E-state index contributed by atoms with van der Waals surface area (Å²) in [6, 6.07) is 4.38. The van der Waals surface area contributed by atoms with Gasteiger partial charge in [0.15, 0.2) is 11.4 Å². The van der Waals surface area contributed by atoms with Crippen molar-refractivity contribution < 1.29 is 33.6 Å². The Labute approximate surface area is 149 Å². The molecule has 0 radical (unpaired) electrons. The highest BCUT2D eigenvalue weighted by Gasteiger charge is 2.43. The molecule has 8 N–H and O–H groups in total. The lowest BCUT2D eigenvalue weighted by Crippen LogP contribution is -2.64. The fourth-order valence-corrected chi connectivity index (χ4v) is 3.14. The van der Waals surface area contributed by atoms with Crippen molar-refractivity contribution in [3.63, 3.8) is 0 Å². The zero-order chi connectivity index (χ0) is 18.8. The van der Waals surface area contributed by atoms with E-state index in [2.05, 4.69) is 10.6 Å². The average Bonchev–Trinajstić information content (AvgIpc) is 2.54. The van der Waals surface area contributed by atoms with E-state index in [0.29, 0.717) is 5.69 Å². The maximum Gasteiger partial charge on any atom is 0.238 e.